The molecule has 0 bridgehead atoms. The first-order valence-electron chi connectivity index (χ1n) is 13.4. The number of benzene rings is 3. The van der Waals surface area contributed by atoms with Gasteiger partial charge >= 0.3 is 6.09 Å². The van der Waals surface area contributed by atoms with Crippen LogP contribution in [0, 0.1) is 11.3 Å². The number of sulfonamides is 1. The topological polar surface area (TPSA) is 146 Å². The SMILES string of the molecule is COc1cc(CN)ccc1C1(N2CCC[C@@H]2OC(=O)N(C)C)C(=O)N(S(=O)(=O)c2ccc(C#N)cc2)c2ccc(Cl)cc21. The summed E-state index contributed by atoms with van der Waals surface area (Å²) in [7, 11) is 0.0406. The summed E-state index contributed by atoms with van der Waals surface area (Å²) in [6.45, 7) is 0.488. The Balaban J connectivity index is 1.82. The van der Waals surface area contributed by atoms with Gasteiger partial charge in [-0.3, -0.25) is 4.79 Å². The quantitative estimate of drug-likeness (QED) is 0.415. The lowest BCUT2D eigenvalue weighted by Gasteiger charge is -2.41. The number of rotatable bonds is 7. The molecule has 3 aromatic carbocycles. The van der Waals surface area contributed by atoms with Gasteiger partial charge < -0.3 is 20.1 Å². The van der Waals surface area contributed by atoms with Gasteiger partial charge in [0.2, 0.25) is 0 Å². The average molecular weight is 624 g/mol. The molecule has 3 aromatic rings. The molecule has 0 spiro atoms. The maximum Gasteiger partial charge on any atom is 0.410 e. The Morgan fingerprint density at radius 1 is 1.14 bits per heavy atom. The van der Waals surface area contributed by atoms with Gasteiger partial charge in [0.15, 0.2) is 11.8 Å². The predicted molar refractivity (Wildman–Crippen MR) is 159 cm³/mol. The van der Waals surface area contributed by atoms with Gasteiger partial charge in [-0.15, -0.1) is 0 Å². The van der Waals surface area contributed by atoms with Gasteiger partial charge in [0.05, 0.1) is 29.3 Å². The zero-order valence-electron chi connectivity index (χ0n) is 23.8. The third-order valence-electron chi connectivity index (χ3n) is 7.70. The zero-order chi connectivity index (χ0) is 31.1. The lowest BCUT2D eigenvalue weighted by Crippen LogP contribution is -2.57. The Morgan fingerprint density at radius 3 is 2.49 bits per heavy atom. The maximum absolute atomic E-state index is 15.1. The first kappa shape index (κ1) is 30.3. The Hall–Kier alpha value is -4.15. The molecule has 13 heteroatoms. The Bertz CT molecular complexity index is 1740. The molecule has 0 saturated carbocycles. The number of nitrogens with two attached hydrogens (primary N) is 1. The van der Waals surface area contributed by atoms with E-state index in [0.29, 0.717) is 24.2 Å². The molecule has 0 radical (unpaired) electrons. The molecule has 11 nitrogen and oxygen atoms in total. The molecule has 2 amide bonds. The molecule has 2 aliphatic heterocycles. The summed E-state index contributed by atoms with van der Waals surface area (Å²) in [5.41, 5.74) is 5.79. The minimum atomic E-state index is -4.51. The van der Waals surface area contributed by atoms with E-state index in [1.807, 2.05) is 6.07 Å². The molecular formula is C30H30ClN5O6S. The van der Waals surface area contributed by atoms with Gasteiger partial charge in [-0.1, -0.05) is 23.7 Å². The molecular weight excluding hydrogens is 594 g/mol. The minimum Gasteiger partial charge on any atom is -0.496 e. The van der Waals surface area contributed by atoms with Crippen LogP contribution in [0.5, 0.6) is 5.75 Å². The third-order valence-corrected chi connectivity index (χ3v) is 9.65. The first-order valence-corrected chi connectivity index (χ1v) is 15.2. The standard InChI is InChI=1S/C30H30ClN5O6S/c1-34(2)29(38)42-27-5-4-14-35(27)30(23-12-8-20(18-33)15-26(23)41-3)24-16-21(31)9-13-25(24)36(28(30)37)43(39,40)22-10-6-19(17-32)7-11-22/h6-13,15-16,27H,4-5,14,18,33H2,1-3H3/t27-,30?/m0/s1. The van der Waals surface area contributed by atoms with Crippen molar-refractivity contribution < 1.29 is 27.5 Å². The second-order valence-corrected chi connectivity index (χ2v) is 12.6. The van der Waals surface area contributed by atoms with Gasteiger partial charge in [-0.05, 0) is 66.9 Å². The number of nitriles is 1. The van der Waals surface area contributed by atoms with Crippen LogP contribution in [-0.4, -0.2) is 64.2 Å². The summed E-state index contributed by atoms with van der Waals surface area (Å²) >= 11 is 6.52. The van der Waals surface area contributed by atoms with Crippen LogP contribution in [0.3, 0.4) is 0 Å². The fourth-order valence-corrected chi connectivity index (χ4v) is 7.34. The van der Waals surface area contributed by atoms with Crippen LogP contribution in [0.15, 0.2) is 65.6 Å². The highest BCUT2D eigenvalue weighted by atomic mass is 35.5. The molecule has 5 rings (SSSR count). The number of fused-ring (bicyclic) bond motifs is 1. The van der Waals surface area contributed by atoms with Crippen LogP contribution >= 0.6 is 11.6 Å². The van der Waals surface area contributed by atoms with E-state index < -0.39 is 33.8 Å². The molecule has 43 heavy (non-hydrogen) atoms. The van der Waals surface area contributed by atoms with Crippen molar-refractivity contribution in [3.05, 3.63) is 87.9 Å². The van der Waals surface area contributed by atoms with Crippen LogP contribution in [0.1, 0.15) is 35.1 Å². The second-order valence-electron chi connectivity index (χ2n) is 10.4. The van der Waals surface area contributed by atoms with Crippen molar-refractivity contribution in [1.29, 1.82) is 5.26 Å². The molecule has 0 aromatic heterocycles. The number of amides is 2. The van der Waals surface area contributed by atoms with E-state index >= 15 is 4.79 Å². The summed E-state index contributed by atoms with van der Waals surface area (Å²) in [4.78, 5) is 30.7. The average Bonchev–Trinajstić information content (AvgIpc) is 3.56. The fourth-order valence-electron chi connectivity index (χ4n) is 5.71. The molecule has 2 heterocycles. The Morgan fingerprint density at radius 2 is 1.86 bits per heavy atom. The fraction of sp³-hybridized carbons (Fsp3) is 0.300. The summed E-state index contributed by atoms with van der Waals surface area (Å²) < 4.78 is 40.9. The second kappa shape index (κ2) is 11.5. The number of likely N-dealkylation sites (tertiary alicyclic amines) is 1. The van der Waals surface area contributed by atoms with Crippen molar-refractivity contribution in [3.8, 4) is 11.8 Å². The molecule has 1 saturated heterocycles. The molecule has 1 unspecified atom stereocenters. The van der Waals surface area contributed by atoms with Crippen molar-refractivity contribution in [2.24, 2.45) is 5.73 Å². The molecule has 2 aliphatic rings. The van der Waals surface area contributed by atoms with Crippen LogP contribution in [0.25, 0.3) is 0 Å². The van der Waals surface area contributed by atoms with Crippen molar-refractivity contribution in [2.75, 3.05) is 32.1 Å². The lowest BCUT2D eigenvalue weighted by molar-refractivity contribution is -0.132. The van der Waals surface area contributed by atoms with E-state index in [4.69, 9.17) is 26.8 Å². The van der Waals surface area contributed by atoms with Crippen molar-refractivity contribution in [1.82, 2.24) is 9.80 Å². The summed E-state index contributed by atoms with van der Waals surface area (Å²) in [5, 5.41) is 9.50. The number of ether oxygens (including phenoxy) is 2. The number of methoxy groups -OCH3 is 1. The molecule has 2 N–H and O–H groups in total. The molecule has 224 valence electrons. The zero-order valence-corrected chi connectivity index (χ0v) is 25.4. The van der Waals surface area contributed by atoms with Gasteiger partial charge in [0.1, 0.15) is 5.75 Å². The number of carbonyl (C=O) groups excluding carboxylic acids is 2. The predicted octanol–water partition coefficient (Wildman–Crippen LogP) is 3.78. The Kier molecular flexibility index (Phi) is 8.11. The highest BCUT2D eigenvalue weighted by Crippen LogP contribution is 2.55. The van der Waals surface area contributed by atoms with Crippen molar-refractivity contribution in [3.63, 3.8) is 0 Å². The van der Waals surface area contributed by atoms with E-state index in [9.17, 15) is 18.5 Å². The summed E-state index contributed by atoms with van der Waals surface area (Å²) in [6.07, 6.45) is -0.545. The maximum atomic E-state index is 15.1. The van der Waals surface area contributed by atoms with Crippen molar-refractivity contribution in [2.45, 2.75) is 36.0 Å². The monoisotopic (exact) mass is 623 g/mol. The van der Waals surface area contributed by atoms with Gasteiger partial charge in [0, 0.05) is 43.3 Å². The van der Waals surface area contributed by atoms with Crippen LogP contribution < -0.4 is 14.8 Å². The van der Waals surface area contributed by atoms with E-state index in [1.165, 1.54) is 48.4 Å². The number of halogens is 1. The van der Waals surface area contributed by atoms with Gasteiger partial charge in [-0.2, -0.15) is 5.26 Å². The first-order chi connectivity index (χ1) is 20.5. The molecule has 0 aliphatic carbocycles. The minimum absolute atomic E-state index is 0.0910. The third kappa shape index (κ3) is 4.88. The summed E-state index contributed by atoms with van der Waals surface area (Å²) in [5.74, 6) is -0.523. The number of carbonyl (C=O) groups is 2. The van der Waals surface area contributed by atoms with Crippen LogP contribution in [-0.2, 0) is 31.6 Å². The van der Waals surface area contributed by atoms with E-state index in [-0.39, 0.29) is 39.8 Å². The highest BCUT2D eigenvalue weighted by Gasteiger charge is 2.62. The van der Waals surface area contributed by atoms with Crippen LogP contribution in [0.2, 0.25) is 5.02 Å². The van der Waals surface area contributed by atoms with Crippen molar-refractivity contribution >= 4 is 39.3 Å². The Labute approximate surface area is 255 Å². The largest absolute Gasteiger partial charge is 0.496 e. The van der Waals surface area contributed by atoms with E-state index in [2.05, 4.69) is 0 Å². The number of hydrogen-bond donors (Lipinski definition) is 1. The smallest absolute Gasteiger partial charge is 0.410 e. The van der Waals surface area contributed by atoms with Gasteiger partial charge in [-0.25, -0.2) is 22.4 Å². The number of nitrogens with zero attached hydrogens (tertiary/aromatic N) is 4. The lowest BCUT2D eigenvalue weighted by atomic mass is 9.81. The molecule has 1 fully saturated rings. The van der Waals surface area contributed by atoms with Crippen LogP contribution in [0.4, 0.5) is 10.5 Å². The van der Waals surface area contributed by atoms with E-state index in [1.54, 1.807) is 43.3 Å². The normalized spacial score (nSPS) is 20.0. The van der Waals surface area contributed by atoms with Gasteiger partial charge in [0.25, 0.3) is 15.9 Å². The molecule has 2 atom stereocenters. The summed E-state index contributed by atoms with van der Waals surface area (Å²) in [6, 6.07) is 16.9. The number of anilines is 1. The highest BCUT2D eigenvalue weighted by molar-refractivity contribution is 7.93. The van der Waals surface area contributed by atoms with E-state index in [0.717, 1.165) is 9.87 Å². The number of hydrogen-bond acceptors (Lipinski definition) is 9.